The molecule has 0 bridgehead atoms. The predicted octanol–water partition coefficient (Wildman–Crippen LogP) is 1.42. The Labute approximate surface area is 116 Å². The maximum absolute atomic E-state index is 11.7. The van der Waals surface area contributed by atoms with Crippen molar-refractivity contribution < 1.29 is 0 Å². The molecular formula is C11H9N5OS2. The van der Waals surface area contributed by atoms with Gasteiger partial charge < -0.3 is 5.73 Å². The minimum absolute atomic E-state index is 0.137. The topological polar surface area (TPSA) is 86.2 Å². The van der Waals surface area contributed by atoms with Gasteiger partial charge in [-0.25, -0.2) is 0 Å². The summed E-state index contributed by atoms with van der Waals surface area (Å²) in [6, 6.07) is 10.0. The Hall–Kier alpha value is -1.93. The Morgan fingerprint density at radius 2 is 2.05 bits per heavy atom. The lowest BCUT2D eigenvalue weighted by molar-refractivity contribution is 0.830. The molecule has 2 heterocycles. The Morgan fingerprint density at radius 3 is 2.84 bits per heavy atom. The van der Waals surface area contributed by atoms with E-state index >= 15 is 0 Å². The van der Waals surface area contributed by atoms with E-state index in [-0.39, 0.29) is 5.82 Å². The van der Waals surface area contributed by atoms with E-state index in [1.54, 1.807) is 11.8 Å². The van der Waals surface area contributed by atoms with Crippen LogP contribution in [0.25, 0.3) is 4.96 Å². The highest BCUT2D eigenvalue weighted by atomic mass is 32.2. The molecule has 2 aromatic heterocycles. The first-order chi connectivity index (χ1) is 9.24. The third-order valence-corrected chi connectivity index (χ3v) is 4.50. The molecule has 19 heavy (non-hydrogen) atoms. The van der Waals surface area contributed by atoms with Crippen LogP contribution in [0.4, 0.5) is 5.82 Å². The van der Waals surface area contributed by atoms with Crippen LogP contribution in [0.1, 0.15) is 5.56 Å². The molecule has 0 aliphatic carbocycles. The molecule has 3 rings (SSSR count). The first kappa shape index (κ1) is 12.1. The number of anilines is 1. The second-order valence-corrected chi connectivity index (χ2v) is 5.91. The molecule has 0 aliphatic rings. The zero-order valence-corrected chi connectivity index (χ0v) is 11.3. The van der Waals surface area contributed by atoms with Crippen molar-refractivity contribution in [2.24, 2.45) is 0 Å². The zero-order chi connectivity index (χ0) is 13.2. The van der Waals surface area contributed by atoms with Crippen LogP contribution in [0, 0.1) is 0 Å². The van der Waals surface area contributed by atoms with Gasteiger partial charge in [-0.15, -0.1) is 15.3 Å². The first-order valence-corrected chi connectivity index (χ1v) is 7.23. The summed E-state index contributed by atoms with van der Waals surface area (Å²) in [5.74, 6) is 0.653. The Kier molecular flexibility index (Phi) is 3.18. The standard InChI is InChI=1S/C11H9N5OS2/c12-8-9(17)16-10(14-13-8)19-11(15-16)18-6-7-4-2-1-3-5-7/h1-5H,6H2,(H2,12,13). The van der Waals surface area contributed by atoms with Crippen molar-refractivity contribution in [3.8, 4) is 0 Å². The molecule has 0 aliphatic heterocycles. The van der Waals surface area contributed by atoms with Gasteiger partial charge in [0.2, 0.25) is 10.8 Å². The lowest BCUT2D eigenvalue weighted by Gasteiger charge is -1.96. The maximum atomic E-state index is 11.7. The number of aromatic nitrogens is 4. The minimum atomic E-state index is -0.423. The second kappa shape index (κ2) is 4.98. The molecule has 0 spiro atoms. The molecular weight excluding hydrogens is 282 g/mol. The average Bonchev–Trinajstić information content (AvgIpc) is 2.86. The number of nitrogens with zero attached hydrogens (tertiary/aromatic N) is 4. The summed E-state index contributed by atoms with van der Waals surface area (Å²) in [4.78, 5) is 12.1. The van der Waals surface area contributed by atoms with Crippen LogP contribution in [0.2, 0.25) is 0 Å². The van der Waals surface area contributed by atoms with E-state index in [1.165, 1.54) is 21.4 Å². The van der Waals surface area contributed by atoms with Crippen LogP contribution in [0.5, 0.6) is 0 Å². The molecule has 0 amide bonds. The highest BCUT2D eigenvalue weighted by Crippen LogP contribution is 2.26. The summed E-state index contributed by atoms with van der Waals surface area (Å²) in [5.41, 5.74) is 6.19. The highest BCUT2D eigenvalue weighted by Gasteiger charge is 2.10. The van der Waals surface area contributed by atoms with Gasteiger partial charge in [-0.05, 0) is 5.56 Å². The molecule has 3 aromatic rings. The fourth-order valence-corrected chi connectivity index (χ4v) is 3.32. The van der Waals surface area contributed by atoms with Gasteiger partial charge in [0.05, 0.1) is 0 Å². The first-order valence-electron chi connectivity index (χ1n) is 5.43. The normalized spacial score (nSPS) is 10.9. The molecule has 2 N–H and O–H groups in total. The number of hydrogen-bond donors (Lipinski definition) is 1. The van der Waals surface area contributed by atoms with Crippen LogP contribution < -0.4 is 11.3 Å². The largest absolute Gasteiger partial charge is 0.378 e. The SMILES string of the molecule is Nc1nnc2sc(SCc3ccccc3)nn2c1=O. The molecule has 0 saturated carbocycles. The van der Waals surface area contributed by atoms with E-state index in [4.69, 9.17) is 5.73 Å². The summed E-state index contributed by atoms with van der Waals surface area (Å²) in [6.07, 6.45) is 0. The number of benzene rings is 1. The van der Waals surface area contributed by atoms with Crippen molar-refractivity contribution in [2.45, 2.75) is 10.1 Å². The van der Waals surface area contributed by atoms with E-state index in [1.807, 2.05) is 30.3 Å². The molecule has 0 saturated heterocycles. The summed E-state index contributed by atoms with van der Waals surface area (Å²) in [6.45, 7) is 0. The van der Waals surface area contributed by atoms with Crippen molar-refractivity contribution in [3.63, 3.8) is 0 Å². The van der Waals surface area contributed by atoms with Crippen LogP contribution in [-0.4, -0.2) is 19.8 Å². The number of nitrogen functional groups attached to an aromatic ring is 1. The molecule has 0 radical (unpaired) electrons. The third-order valence-electron chi connectivity index (χ3n) is 2.40. The van der Waals surface area contributed by atoms with E-state index in [0.29, 0.717) is 4.96 Å². The van der Waals surface area contributed by atoms with E-state index in [2.05, 4.69) is 15.3 Å². The number of thioether (sulfide) groups is 1. The summed E-state index contributed by atoms with van der Waals surface area (Å²) in [7, 11) is 0. The molecule has 6 nitrogen and oxygen atoms in total. The minimum Gasteiger partial charge on any atom is -0.378 e. The van der Waals surface area contributed by atoms with Gasteiger partial charge >= 0.3 is 5.56 Å². The quantitative estimate of drug-likeness (QED) is 0.734. The summed E-state index contributed by atoms with van der Waals surface area (Å²) < 4.78 is 1.96. The van der Waals surface area contributed by atoms with Crippen molar-refractivity contribution in [1.82, 2.24) is 19.8 Å². The number of nitrogens with two attached hydrogens (primary N) is 1. The Morgan fingerprint density at radius 1 is 1.26 bits per heavy atom. The molecule has 96 valence electrons. The van der Waals surface area contributed by atoms with Gasteiger partial charge in [0.1, 0.15) is 0 Å². The van der Waals surface area contributed by atoms with Crippen LogP contribution in [0.3, 0.4) is 0 Å². The Balaban J connectivity index is 1.86. The summed E-state index contributed by atoms with van der Waals surface area (Å²) >= 11 is 2.88. The van der Waals surface area contributed by atoms with Gasteiger partial charge in [-0.3, -0.25) is 4.79 Å². The van der Waals surface area contributed by atoms with E-state index < -0.39 is 5.56 Å². The molecule has 0 atom stereocenters. The van der Waals surface area contributed by atoms with Gasteiger partial charge in [0, 0.05) is 5.75 Å². The molecule has 8 heteroatoms. The van der Waals surface area contributed by atoms with Crippen molar-refractivity contribution in [2.75, 3.05) is 5.73 Å². The van der Waals surface area contributed by atoms with E-state index in [9.17, 15) is 4.79 Å². The number of rotatable bonds is 3. The van der Waals surface area contributed by atoms with Gasteiger partial charge in [0.15, 0.2) is 4.34 Å². The number of hydrogen-bond acceptors (Lipinski definition) is 7. The fourth-order valence-electron chi connectivity index (χ4n) is 1.49. The highest BCUT2D eigenvalue weighted by molar-refractivity contribution is 8.00. The van der Waals surface area contributed by atoms with Gasteiger partial charge in [-0.2, -0.15) is 4.52 Å². The monoisotopic (exact) mass is 291 g/mol. The van der Waals surface area contributed by atoms with Gasteiger partial charge in [-0.1, -0.05) is 53.4 Å². The molecule has 0 unspecified atom stereocenters. The summed E-state index contributed by atoms with van der Waals surface area (Å²) in [5, 5.41) is 11.6. The molecule has 0 fully saturated rings. The van der Waals surface area contributed by atoms with Crippen molar-refractivity contribution in [3.05, 3.63) is 46.2 Å². The van der Waals surface area contributed by atoms with Crippen LogP contribution in [0.15, 0.2) is 39.5 Å². The smallest absolute Gasteiger partial charge is 0.317 e. The Bertz CT molecular complexity index is 768. The zero-order valence-electron chi connectivity index (χ0n) is 9.68. The van der Waals surface area contributed by atoms with Gasteiger partial charge in [0.25, 0.3) is 0 Å². The second-order valence-electron chi connectivity index (χ2n) is 3.73. The third kappa shape index (κ3) is 2.45. The van der Waals surface area contributed by atoms with Crippen LogP contribution >= 0.6 is 23.1 Å². The average molecular weight is 291 g/mol. The van der Waals surface area contributed by atoms with Crippen molar-refractivity contribution >= 4 is 33.9 Å². The number of fused-ring (bicyclic) bond motifs is 1. The predicted molar refractivity (Wildman–Crippen MR) is 75.3 cm³/mol. The molecule has 1 aromatic carbocycles. The maximum Gasteiger partial charge on any atom is 0.317 e. The van der Waals surface area contributed by atoms with Crippen molar-refractivity contribution in [1.29, 1.82) is 0 Å². The van der Waals surface area contributed by atoms with E-state index in [0.717, 1.165) is 10.1 Å². The lowest BCUT2D eigenvalue weighted by atomic mass is 10.2. The fraction of sp³-hybridized carbons (Fsp3) is 0.0909. The van der Waals surface area contributed by atoms with Crippen LogP contribution in [-0.2, 0) is 5.75 Å². The lowest BCUT2D eigenvalue weighted by Crippen LogP contribution is -2.20.